The molecule has 0 bridgehead atoms. The Labute approximate surface area is 109 Å². The molecule has 0 aliphatic rings. The van der Waals surface area contributed by atoms with Crippen LogP contribution in [-0.2, 0) is 4.79 Å². The standard InChI is InChI=1S/C13H22N2O3/c1-6-8-15(9-7-2)12(18)14-10(11(16)17)13(3,4)5/h1,10H,7-9H2,2-5H3,(H,14,18)(H,16,17)/t10-/m0/s1. The van der Waals surface area contributed by atoms with Crippen LogP contribution in [0.2, 0.25) is 0 Å². The molecule has 0 radical (unpaired) electrons. The molecule has 0 aromatic carbocycles. The maximum absolute atomic E-state index is 11.9. The lowest BCUT2D eigenvalue weighted by atomic mass is 9.87. The van der Waals surface area contributed by atoms with Crippen LogP contribution in [0.25, 0.3) is 0 Å². The molecule has 2 N–H and O–H groups in total. The van der Waals surface area contributed by atoms with Gasteiger partial charge in [0.2, 0.25) is 0 Å². The molecule has 0 rings (SSSR count). The normalized spacial score (nSPS) is 12.4. The van der Waals surface area contributed by atoms with Crippen molar-refractivity contribution in [2.75, 3.05) is 13.1 Å². The van der Waals surface area contributed by atoms with Gasteiger partial charge in [0.1, 0.15) is 6.04 Å². The van der Waals surface area contributed by atoms with E-state index in [9.17, 15) is 9.59 Å². The van der Waals surface area contributed by atoms with Crippen molar-refractivity contribution in [3.05, 3.63) is 0 Å². The van der Waals surface area contributed by atoms with Crippen LogP contribution >= 0.6 is 0 Å². The second-order valence-electron chi connectivity index (χ2n) is 5.21. The van der Waals surface area contributed by atoms with Gasteiger partial charge in [-0.2, -0.15) is 0 Å². The van der Waals surface area contributed by atoms with Gasteiger partial charge in [0.05, 0.1) is 6.54 Å². The van der Waals surface area contributed by atoms with Gasteiger partial charge in [0, 0.05) is 6.54 Å². The Morgan fingerprint density at radius 3 is 2.33 bits per heavy atom. The predicted molar refractivity (Wildman–Crippen MR) is 70.1 cm³/mol. The number of nitrogens with one attached hydrogen (secondary N) is 1. The van der Waals surface area contributed by atoms with Crippen LogP contribution in [0.1, 0.15) is 34.1 Å². The highest BCUT2D eigenvalue weighted by atomic mass is 16.4. The molecule has 1 atom stereocenters. The maximum Gasteiger partial charge on any atom is 0.326 e. The molecule has 0 aromatic rings. The van der Waals surface area contributed by atoms with Crippen LogP contribution in [0, 0.1) is 17.8 Å². The zero-order valence-corrected chi connectivity index (χ0v) is 11.5. The van der Waals surface area contributed by atoms with Gasteiger partial charge in [-0.15, -0.1) is 6.42 Å². The first-order valence-corrected chi connectivity index (χ1v) is 5.95. The van der Waals surface area contributed by atoms with Crippen LogP contribution in [0.4, 0.5) is 4.79 Å². The van der Waals surface area contributed by atoms with Gasteiger partial charge in [-0.25, -0.2) is 9.59 Å². The molecule has 0 aromatic heterocycles. The summed E-state index contributed by atoms with van der Waals surface area (Å²) in [6.45, 7) is 7.89. The SMILES string of the molecule is C#CCN(CCC)C(=O)N[C@@H](C(=O)O)C(C)(C)C. The average molecular weight is 254 g/mol. The number of hydrogen-bond donors (Lipinski definition) is 2. The molecule has 0 spiro atoms. The van der Waals surface area contributed by atoms with E-state index in [1.54, 1.807) is 20.8 Å². The monoisotopic (exact) mass is 254 g/mol. The fourth-order valence-electron chi connectivity index (χ4n) is 1.50. The van der Waals surface area contributed by atoms with E-state index in [-0.39, 0.29) is 6.54 Å². The lowest BCUT2D eigenvalue weighted by Crippen LogP contribution is -2.53. The van der Waals surface area contributed by atoms with Gasteiger partial charge in [0.25, 0.3) is 0 Å². The molecule has 0 saturated heterocycles. The summed E-state index contributed by atoms with van der Waals surface area (Å²) < 4.78 is 0. The van der Waals surface area contributed by atoms with E-state index >= 15 is 0 Å². The van der Waals surface area contributed by atoms with Crippen LogP contribution in [0.15, 0.2) is 0 Å². The molecule has 102 valence electrons. The summed E-state index contributed by atoms with van der Waals surface area (Å²) in [5.41, 5.74) is -0.560. The molecular formula is C13H22N2O3. The lowest BCUT2D eigenvalue weighted by molar-refractivity contribution is -0.142. The van der Waals surface area contributed by atoms with Gasteiger partial charge in [-0.05, 0) is 11.8 Å². The first-order valence-electron chi connectivity index (χ1n) is 5.95. The molecule has 5 nitrogen and oxygen atoms in total. The number of carbonyl (C=O) groups is 2. The Hall–Kier alpha value is -1.70. The Morgan fingerprint density at radius 1 is 1.44 bits per heavy atom. The lowest BCUT2D eigenvalue weighted by Gasteiger charge is -2.30. The fraction of sp³-hybridized carbons (Fsp3) is 0.692. The van der Waals surface area contributed by atoms with E-state index in [0.717, 1.165) is 6.42 Å². The van der Waals surface area contributed by atoms with Crippen LogP contribution in [0.3, 0.4) is 0 Å². The first kappa shape index (κ1) is 16.3. The minimum Gasteiger partial charge on any atom is -0.480 e. The Bertz CT molecular complexity index is 339. The first-order chi connectivity index (χ1) is 8.23. The van der Waals surface area contributed by atoms with Crippen molar-refractivity contribution < 1.29 is 14.7 Å². The van der Waals surface area contributed by atoms with Gasteiger partial charge in [-0.1, -0.05) is 33.6 Å². The van der Waals surface area contributed by atoms with Crippen molar-refractivity contribution in [2.24, 2.45) is 5.41 Å². The predicted octanol–water partition coefficient (Wildman–Crippen LogP) is 1.54. The third kappa shape index (κ3) is 5.09. The molecule has 5 heteroatoms. The molecule has 0 fully saturated rings. The number of terminal acetylenes is 1. The molecule has 0 heterocycles. The summed E-state index contributed by atoms with van der Waals surface area (Å²) in [5, 5.41) is 11.6. The zero-order valence-electron chi connectivity index (χ0n) is 11.5. The van der Waals surface area contributed by atoms with Crippen molar-refractivity contribution in [3.63, 3.8) is 0 Å². The second kappa shape index (κ2) is 6.90. The number of urea groups is 1. The summed E-state index contributed by atoms with van der Waals surface area (Å²) in [5.74, 6) is 1.34. The van der Waals surface area contributed by atoms with E-state index in [0.29, 0.717) is 6.54 Å². The van der Waals surface area contributed by atoms with E-state index < -0.39 is 23.5 Å². The average Bonchev–Trinajstić information content (AvgIpc) is 2.23. The minimum atomic E-state index is -1.05. The summed E-state index contributed by atoms with van der Waals surface area (Å²) in [7, 11) is 0. The van der Waals surface area contributed by atoms with Gasteiger partial charge in [-0.3, -0.25) is 0 Å². The van der Waals surface area contributed by atoms with Crippen molar-refractivity contribution in [3.8, 4) is 12.3 Å². The third-order valence-corrected chi connectivity index (χ3v) is 2.44. The number of carboxylic acids is 1. The van der Waals surface area contributed by atoms with Crippen molar-refractivity contribution >= 4 is 12.0 Å². The number of carboxylic acid groups (broad SMARTS) is 1. The molecule has 0 unspecified atom stereocenters. The molecule has 18 heavy (non-hydrogen) atoms. The quantitative estimate of drug-likeness (QED) is 0.731. The van der Waals surface area contributed by atoms with Gasteiger partial charge >= 0.3 is 12.0 Å². The number of rotatable bonds is 5. The van der Waals surface area contributed by atoms with Crippen molar-refractivity contribution in [1.82, 2.24) is 10.2 Å². The topological polar surface area (TPSA) is 69.6 Å². The van der Waals surface area contributed by atoms with Gasteiger partial charge < -0.3 is 15.3 Å². The molecule has 0 aliphatic carbocycles. The van der Waals surface area contributed by atoms with E-state index in [1.165, 1.54) is 4.90 Å². The van der Waals surface area contributed by atoms with Crippen LogP contribution < -0.4 is 5.32 Å². The smallest absolute Gasteiger partial charge is 0.326 e. The van der Waals surface area contributed by atoms with Crippen LogP contribution in [0.5, 0.6) is 0 Å². The van der Waals surface area contributed by atoms with Crippen LogP contribution in [-0.4, -0.2) is 41.1 Å². The summed E-state index contributed by atoms with van der Waals surface area (Å²) >= 11 is 0. The Kier molecular flexibility index (Phi) is 6.24. The maximum atomic E-state index is 11.9. The fourth-order valence-corrected chi connectivity index (χ4v) is 1.50. The summed E-state index contributed by atoms with van der Waals surface area (Å²) in [6, 6.07) is -1.38. The summed E-state index contributed by atoms with van der Waals surface area (Å²) in [4.78, 5) is 24.5. The van der Waals surface area contributed by atoms with Gasteiger partial charge in [0.15, 0.2) is 0 Å². The number of carbonyl (C=O) groups excluding carboxylic acids is 1. The van der Waals surface area contributed by atoms with E-state index in [2.05, 4.69) is 11.2 Å². The largest absolute Gasteiger partial charge is 0.480 e. The summed E-state index contributed by atoms with van der Waals surface area (Å²) in [6.07, 6.45) is 5.95. The Morgan fingerprint density at radius 2 is 2.00 bits per heavy atom. The van der Waals surface area contributed by atoms with Crippen molar-refractivity contribution in [2.45, 2.75) is 40.2 Å². The zero-order chi connectivity index (χ0) is 14.3. The number of aliphatic carboxylic acids is 1. The minimum absolute atomic E-state index is 0.177. The number of nitrogens with zero attached hydrogens (tertiary/aromatic N) is 1. The molecular weight excluding hydrogens is 232 g/mol. The number of hydrogen-bond acceptors (Lipinski definition) is 2. The molecule has 2 amide bonds. The van der Waals surface area contributed by atoms with E-state index in [4.69, 9.17) is 11.5 Å². The third-order valence-electron chi connectivity index (χ3n) is 2.44. The number of amides is 2. The van der Waals surface area contributed by atoms with E-state index in [1.807, 2.05) is 6.92 Å². The second-order valence-corrected chi connectivity index (χ2v) is 5.21. The Balaban J connectivity index is 4.78. The molecule has 0 saturated carbocycles. The molecule has 0 aliphatic heterocycles. The highest BCUT2D eigenvalue weighted by Crippen LogP contribution is 2.19. The van der Waals surface area contributed by atoms with Crippen molar-refractivity contribution in [1.29, 1.82) is 0 Å². The highest BCUT2D eigenvalue weighted by molar-refractivity contribution is 5.83. The highest BCUT2D eigenvalue weighted by Gasteiger charge is 2.33.